The van der Waals surface area contributed by atoms with Crippen molar-refractivity contribution in [3.63, 3.8) is 0 Å². The number of nitrogens with zero attached hydrogens (tertiary/aromatic N) is 2. The third kappa shape index (κ3) is 1.80. The van der Waals surface area contributed by atoms with Crippen molar-refractivity contribution in [1.82, 2.24) is 8.75 Å². The second-order valence-electron chi connectivity index (χ2n) is 2.26. The van der Waals surface area contributed by atoms with E-state index in [1.807, 2.05) is 32.0 Å². The highest BCUT2D eigenvalue weighted by molar-refractivity contribution is 7.00. The maximum Gasteiger partial charge on any atom is 0.105 e. The van der Waals surface area contributed by atoms with Crippen LogP contribution in [0.25, 0.3) is 11.0 Å². The molecule has 1 aromatic heterocycles. The molecule has 0 amide bonds. The van der Waals surface area contributed by atoms with Crippen LogP contribution in [0.4, 0.5) is 0 Å². The summed E-state index contributed by atoms with van der Waals surface area (Å²) in [6.45, 7) is 6.05. The third-order valence-corrected chi connectivity index (χ3v) is 1.97. The molecule has 64 valence electrons. The van der Waals surface area contributed by atoms with E-state index < -0.39 is 0 Å². The van der Waals surface area contributed by atoms with Crippen LogP contribution < -0.4 is 0 Å². The summed E-state index contributed by atoms with van der Waals surface area (Å²) in [4.78, 5) is 0. The van der Waals surface area contributed by atoms with E-state index in [1.54, 1.807) is 0 Å². The molecule has 0 saturated carbocycles. The molecular formula is C9H12N2S. The molecule has 3 heteroatoms. The maximum atomic E-state index is 4.11. The monoisotopic (exact) mass is 180 g/mol. The lowest BCUT2D eigenvalue weighted by atomic mass is 10.2. The van der Waals surface area contributed by atoms with Crippen LogP contribution in [0.5, 0.6) is 0 Å². The van der Waals surface area contributed by atoms with Crippen LogP contribution in [0.3, 0.4) is 0 Å². The van der Waals surface area contributed by atoms with Gasteiger partial charge in [0.15, 0.2) is 0 Å². The molecule has 0 fully saturated rings. The van der Waals surface area contributed by atoms with Crippen LogP contribution in [0.15, 0.2) is 18.2 Å². The van der Waals surface area contributed by atoms with Gasteiger partial charge in [0.05, 0.1) is 11.7 Å². The van der Waals surface area contributed by atoms with Crippen LogP contribution >= 0.6 is 11.7 Å². The zero-order valence-corrected chi connectivity index (χ0v) is 8.35. The lowest BCUT2D eigenvalue weighted by molar-refractivity contribution is 1.48. The average Bonchev–Trinajstić information content (AvgIpc) is 2.54. The molecule has 0 aliphatic rings. The predicted molar refractivity (Wildman–Crippen MR) is 53.5 cm³/mol. The van der Waals surface area contributed by atoms with Gasteiger partial charge in [-0.05, 0) is 24.6 Å². The third-order valence-electron chi connectivity index (χ3n) is 1.41. The van der Waals surface area contributed by atoms with E-state index in [-0.39, 0.29) is 0 Å². The fraction of sp³-hybridized carbons (Fsp3) is 0.333. The highest BCUT2D eigenvalue weighted by Gasteiger charge is 1.95. The fourth-order valence-corrected chi connectivity index (χ4v) is 1.41. The van der Waals surface area contributed by atoms with Gasteiger partial charge in [0.25, 0.3) is 0 Å². The van der Waals surface area contributed by atoms with Gasteiger partial charge in [-0.2, -0.15) is 8.75 Å². The summed E-state index contributed by atoms with van der Waals surface area (Å²) >= 11 is 1.26. The minimum Gasteiger partial charge on any atom is -0.173 e. The minimum absolute atomic E-state index is 0.996. The average molecular weight is 180 g/mol. The Bertz CT molecular complexity index is 354. The Labute approximate surface area is 76.6 Å². The molecule has 0 saturated heterocycles. The molecule has 0 aliphatic heterocycles. The van der Waals surface area contributed by atoms with Gasteiger partial charge in [-0.15, -0.1) is 0 Å². The fourth-order valence-electron chi connectivity index (χ4n) is 0.892. The zero-order chi connectivity index (χ0) is 8.97. The normalized spacial score (nSPS) is 9.25. The standard InChI is InChI=1S/C7H6N2S.C2H6/c1-5-2-3-6-7(4-5)9-10-8-6;1-2/h2-4H,1H3;1-2H3. The molecule has 0 unspecified atom stereocenters. The van der Waals surface area contributed by atoms with Gasteiger partial charge >= 0.3 is 0 Å². The Kier molecular flexibility index (Phi) is 3.17. The van der Waals surface area contributed by atoms with Crippen molar-refractivity contribution < 1.29 is 0 Å². The van der Waals surface area contributed by atoms with E-state index in [9.17, 15) is 0 Å². The first-order valence-corrected chi connectivity index (χ1v) is 4.78. The van der Waals surface area contributed by atoms with Gasteiger partial charge in [0.1, 0.15) is 11.0 Å². The molecule has 2 rings (SSSR count). The highest BCUT2D eigenvalue weighted by atomic mass is 32.1. The van der Waals surface area contributed by atoms with Crippen molar-refractivity contribution in [2.45, 2.75) is 20.8 Å². The number of aromatic nitrogens is 2. The summed E-state index contributed by atoms with van der Waals surface area (Å²) in [7, 11) is 0. The van der Waals surface area contributed by atoms with Gasteiger partial charge < -0.3 is 0 Å². The lowest BCUT2D eigenvalue weighted by Crippen LogP contribution is -1.71. The van der Waals surface area contributed by atoms with Gasteiger partial charge in [-0.25, -0.2) is 0 Å². The molecule has 0 N–H and O–H groups in total. The second-order valence-corrected chi connectivity index (χ2v) is 2.78. The molecular weight excluding hydrogens is 168 g/mol. The first-order valence-electron chi connectivity index (χ1n) is 4.05. The molecule has 0 spiro atoms. The number of hydrogen-bond donors (Lipinski definition) is 0. The zero-order valence-electron chi connectivity index (χ0n) is 7.53. The Hall–Kier alpha value is -0.960. The van der Waals surface area contributed by atoms with E-state index in [4.69, 9.17) is 0 Å². The largest absolute Gasteiger partial charge is 0.173 e. The van der Waals surface area contributed by atoms with Crippen LogP contribution in [0.2, 0.25) is 0 Å². The van der Waals surface area contributed by atoms with Crippen molar-refractivity contribution in [1.29, 1.82) is 0 Å². The number of benzene rings is 1. The first kappa shape index (κ1) is 9.13. The first-order chi connectivity index (χ1) is 5.86. The Morgan fingerprint density at radius 1 is 1.08 bits per heavy atom. The molecule has 2 aromatic rings. The van der Waals surface area contributed by atoms with E-state index in [0.29, 0.717) is 0 Å². The van der Waals surface area contributed by atoms with Crippen molar-refractivity contribution in [2.24, 2.45) is 0 Å². The van der Waals surface area contributed by atoms with Crippen LogP contribution in [-0.2, 0) is 0 Å². The summed E-state index contributed by atoms with van der Waals surface area (Å²) in [6.07, 6.45) is 0. The topological polar surface area (TPSA) is 25.8 Å². The van der Waals surface area contributed by atoms with Crippen LogP contribution in [0, 0.1) is 6.92 Å². The van der Waals surface area contributed by atoms with Crippen LogP contribution in [0.1, 0.15) is 19.4 Å². The number of fused-ring (bicyclic) bond motifs is 1. The summed E-state index contributed by atoms with van der Waals surface area (Å²) < 4.78 is 8.20. The SMILES string of the molecule is CC.Cc1ccc2nsnc2c1. The number of rotatable bonds is 0. The van der Waals surface area contributed by atoms with E-state index >= 15 is 0 Å². The van der Waals surface area contributed by atoms with E-state index in [0.717, 1.165) is 11.0 Å². The summed E-state index contributed by atoms with van der Waals surface area (Å²) in [6, 6.07) is 6.08. The van der Waals surface area contributed by atoms with Crippen LogP contribution in [-0.4, -0.2) is 8.75 Å². The van der Waals surface area contributed by atoms with Crippen molar-refractivity contribution in [3.05, 3.63) is 23.8 Å². The quantitative estimate of drug-likeness (QED) is 0.622. The predicted octanol–water partition coefficient (Wildman–Crippen LogP) is 3.03. The van der Waals surface area contributed by atoms with Gasteiger partial charge in [-0.3, -0.25) is 0 Å². The summed E-state index contributed by atoms with van der Waals surface area (Å²) in [5.74, 6) is 0. The van der Waals surface area contributed by atoms with E-state index in [1.165, 1.54) is 17.3 Å². The Balaban J connectivity index is 0.000000336. The number of aryl methyl sites for hydroxylation is 1. The smallest absolute Gasteiger partial charge is 0.105 e. The lowest BCUT2D eigenvalue weighted by Gasteiger charge is -1.87. The highest BCUT2D eigenvalue weighted by Crippen LogP contribution is 2.11. The molecule has 0 radical (unpaired) electrons. The Morgan fingerprint density at radius 3 is 2.50 bits per heavy atom. The van der Waals surface area contributed by atoms with Crippen molar-refractivity contribution >= 4 is 22.8 Å². The van der Waals surface area contributed by atoms with Crippen molar-refractivity contribution in [3.8, 4) is 0 Å². The summed E-state index contributed by atoms with van der Waals surface area (Å²) in [5.41, 5.74) is 3.24. The van der Waals surface area contributed by atoms with E-state index in [2.05, 4.69) is 15.7 Å². The maximum absolute atomic E-state index is 4.11. The molecule has 1 aromatic carbocycles. The summed E-state index contributed by atoms with van der Waals surface area (Å²) in [5, 5.41) is 0. The van der Waals surface area contributed by atoms with Crippen molar-refractivity contribution in [2.75, 3.05) is 0 Å². The second kappa shape index (κ2) is 4.16. The van der Waals surface area contributed by atoms with Gasteiger partial charge in [0.2, 0.25) is 0 Å². The van der Waals surface area contributed by atoms with Gasteiger partial charge in [0, 0.05) is 0 Å². The molecule has 12 heavy (non-hydrogen) atoms. The molecule has 1 heterocycles. The minimum atomic E-state index is 0.996. The molecule has 0 aliphatic carbocycles. The van der Waals surface area contributed by atoms with Gasteiger partial charge in [-0.1, -0.05) is 19.9 Å². The molecule has 0 bridgehead atoms. The molecule has 2 nitrogen and oxygen atoms in total. The molecule has 0 atom stereocenters. The number of hydrogen-bond acceptors (Lipinski definition) is 3. The Morgan fingerprint density at radius 2 is 1.75 bits per heavy atom.